The maximum absolute atomic E-state index is 15.5. The molecular formula is C20H18F2IN2O2+. The standard InChI is InChI=1S/C20H18F2IN2O2/c1-4-7-25-11-24(2)17-10-15(20(26)27-3)14(18(22)19(17)25)8-12-5-6-13(23)9-16(12)21/h4-6,9-11H,1,7-8H2,2-3H3/q+1. The Morgan fingerprint density at radius 1 is 1.37 bits per heavy atom. The zero-order chi connectivity index (χ0) is 19.7. The van der Waals surface area contributed by atoms with E-state index in [0.717, 1.165) is 3.57 Å². The zero-order valence-electron chi connectivity index (χ0n) is 14.9. The first-order valence-corrected chi connectivity index (χ1v) is 9.28. The van der Waals surface area contributed by atoms with Crippen LogP contribution in [0.2, 0.25) is 0 Å². The van der Waals surface area contributed by atoms with E-state index < -0.39 is 17.6 Å². The van der Waals surface area contributed by atoms with Gasteiger partial charge in [0.05, 0.1) is 19.7 Å². The Labute approximate surface area is 169 Å². The van der Waals surface area contributed by atoms with Gasteiger partial charge in [-0.15, -0.1) is 0 Å². The summed E-state index contributed by atoms with van der Waals surface area (Å²) in [5.41, 5.74) is 1.39. The topological polar surface area (TPSA) is 35.1 Å². The van der Waals surface area contributed by atoms with Gasteiger partial charge in [-0.25, -0.2) is 22.7 Å². The van der Waals surface area contributed by atoms with Crippen LogP contribution in [0.5, 0.6) is 0 Å². The molecule has 1 aromatic heterocycles. The SMILES string of the molecule is C=CC[n+]1cn(C)c2cc(C(=O)OC)c(Cc3ccc(I)cc3F)c(F)c21. The molecule has 0 aliphatic carbocycles. The number of hydrogen-bond donors (Lipinski definition) is 0. The number of imidazole rings is 1. The molecule has 0 bridgehead atoms. The van der Waals surface area contributed by atoms with Crippen molar-refractivity contribution >= 4 is 39.6 Å². The zero-order valence-corrected chi connectivity index (χ0v) is 17.1. The second-order valence-corrected chi connectivity index (χ2v) is 7.40. The molecular weight excluding hydrogens is 465 g/mol. The number of aromatic nitrogens is 2. The lowest BCUT2D eigenvalue weighted by molar-refractivity contribution is -0.662. The maximum Gasteiger partial charge on any atom is 0.338 e. The fraction of sp³-hybridized carbons (Fsp3) is 0.200. The Hall–Kier alpha value is -2.29. The third-order valence-electron chi connectivity index (χ3n) is 4.41. The Kier molecular flexibility index (Phi) is 5.59. The molecule has 7 heteroatoms. The van der Waals surface area contributed by atoms with E-state index in [2.05, 4.69) is 6.58 Å². The molecule has 2 aromatic carbocycles. The number of methoxy groups -OCH3 is 1. The van der Waals surface area contributed by atoms with E-state index >= 15 is 4.39 Å². The van der Waals surface area contributed by atoms with Gasteiger partial charge in [0.15, 0.2) is 11.3 Å². The van der Waals surface area contributed by atoms with Gasteiger partial charge in [0.1, 0.15) is 12.4 Å². The summed E-state index contributed by atoms with van der Waals surface area (Å²) in [5.74, 6) is -1.66. The normalized spacial score (nSPS) is 11.0. The maximum atomic E-state index is 15.5. The van der Waals surface area contributed by atoms with Crippen molar-refractivity contribution < 1.29 is 22.9 Å². The lowest BCUT2D eigenvalue weighted by atomic mass is 9.97. The molecule has 0 atom stereocenters. The first-order chi connectivity index (χ1) is 12.9. The van der Waals surface area contributed by atoms with Gasteiger partial charge in [0, 0.05) is 21.6 Å². The van der Waals surface area contributed by atoms with Crippen molar-refractivity contribution in [2.45, 2.75) is 13.0 Å². The average molecular weight is 483 g/mol. The van der Waals surface area contributed by atoms with E-state index in [1.54, 1.807) is 46.8 Å². The van der Waals surface area contributed by atoms with Gasteiger partial charge in [-0.3, -0.25) is 0 Å². The molecule has 4 nitrogen and oxygen atoms in total. The second kappa shape index (κ2) is 7.75. The van der Waals surface area contributed by atoms with Crippen LogP contribution in [0.25, 0.3) is 11.0 Å². The van der Waals surface area contributed by atoms with Gasteiger partial charge in [0.25, 0.3) is 0 Å². The minimum absolute atomic E-state index is 0.0576. The number of carbonyl (C=O) groups is 1. The molecule has 0 spiro atoms. The number of esters is 1. The number of benzene rings is 2. The smallest absolute Gasteiger partial charge is 0.338 e. The molecule has 0 radical (unpaired) electrons. The molecule has 0 saturated carbocycles. The fourth-order valence-electron chi connectivity index (χ4n) is 3.13. The van der Waals surface area contributed by atoms with Crippen LogP contribution in [-0.4, -0.2) is 17.6 Å². The van der Waals surface area contributed by atoms with Crippen LogP contribution in [0.1, 0.15) is 21.5 Å². The molecule has 3 aromatic rings. The summed E-state index contributed by atoms with van der Waals surface area (Å²) in [4.78, 5) is 12.3. The molecule has 0 aliphatic heterocycles. The summed E-state index contributed by atoms with van der Waals surface area (Å²) >= 11 is 2.01. The first kappa shape index (κ1) is 19.5. The number of fused-ring (bicyclic) bond motifs is 1. The van der Waals surface area contributed by atoms with Crippen molar-refractivity contribution in [1.29, 1.82) is 0 Å². The van der Waals surface area contributed by atoms with Crippen molar-refractivity contribution in [1.82, 2.24) is 4.57 Å². The van der Waals surface area contributed by atoms with Crippen molar-refractivity contribution in [2.75, 3.05) is 7.11 Å². The highest BCUT2D eigenvalue weighted by Gasteiger charge is 2.27. The Bertz CT molecular complexity index is 1060. The van der Waals surface area contributed by atoms with E-state index in [4.69, 9.17) is 4.74 Å². The monoisotopic (exact) mass is 483 g/mol. The Balaban J connectivity index is 2.27. The summed E-state index contributed by atoms with van der Waals surface area (Å²) in [6.45, 7) is 4.10. The number of halogens is 3. The quantitative estimate of drug-likeness (QED) is 0.239. The van der Waals surface area contributed by atoms with Gasteiger partial charge < -0.3 is 4.74 Å². The third-order valence-corrected chi connectivity index (χ3v) is 5.09. The molecule has 0 aliphatic rings. The predicted octanol–water partition coefficient (Wildman–Crippen LogP) is 3.91. The molecule has 0 saturated heterocycles. The van der Waals surface area contributed by atoms with Crippen LogP contribution in [-0.2, 0) is 24.8 Å². The summed E-state index contributed by atoms with van der Waals surface area (Å²) in [5, 5.41) is 0. The molecule has 1 heterocycles. The van der Waals surface area contributed by atoms with Crippen LogP contribution >= 0.6 is 22.6 Å². The minimum atomic E-state index is -0.659. The average Bonchev–Trinajstić information content (AvgIpc) is 2.94. The lowest BCUT2D eigenvalue weighted by Gasteiger charge is -2.11. The highest BCUT2D eigenvalue weighted by atomic mass is 127. The predicted molar refractivity (Wildman–Crippen MR) is 107 cm³/mol. The van der Waals surface area contributed by atoms with Crippen LogP contribution in [0.3, 0.4) is 0 Å². The third kappa shape index (κ3) is 3.60. The number of rotatable bonds is 5. The van der Waals surface area contributed by atoms with Crippen LogP contribution in [0, 0.1) is 15.2 Å². The summed E-state index contributed by atoms with van der Waals surface area (Å²) in [6, 6.07) is 6.31. The molecule has 0 amide bonds. The summed E-state index contributed by atoms with van der Waals surface area (Å²) < 4.78 is 38.9. The molecule has 0 unspecified atom stereocenters. The minimum Gasteiger partial charge on any atom is -0.465 e. The number of carbonyl (C=O) groups excluding carboxylic acids is 1. The van der Waals surface area contributed by atoms with Gasteiger partial charge >= 0.3 is 5.97 Å². The van der Waals surface area contributed by atoms with Crippen molar-refractivity contribution in [3.05, 3.63) is 75.1 Å². The van der Waals surface area contributed by atoms with Crippen molar-refractivity contribution in [3.63, 3.8) is 0 Å². The number of nitrogens with zero attached hydrogens (tertiary/aromatic N) is 2. The summed E-state index contributed by atoms with van der Waals surface area (Å²) in [7, 11) is 3.00. The molecule has 0 fully saturated rings. The second-order valence-electron chi connectivity index (χ2n) is 6.16. The Morgan fingerprint density at radius 3 is 2.74 bits per heavy atom. The van der Waals surface area contributed by atoms with Crippen LogP contribution < -0.4 is 4.57 Å². The van der Waals surface area contributed by atoms with Gasteiger partial charge in [-0.2, -0.15) is 0 Å². The van der Waals surface area contributed by atoms with Gasteiger partial charge in [-0.1, -0.05) is 18.7 Å². The highest BCUT2D eigenvalue weighted by Crippen LogP contribution is 2.27. The molecule has 140 valence electrons. The number of aryl methyl sites for hydroxylation is 1. The molecule has 3 rings (SSSR count). The highest BCUT2D eigenvalue weighted by molar-refractivity contribution is 14.1. The largest absolute Gasteiger partial charge is 0.465 e. The van der Waals surface area contributed by atoms with E-state index in [1.165, 1.54) is 13.2 Å². The Morgan fingerprint density at radius 2 is 2.11 bits per heavy atom. The first-order valence-electron chi connectivity index (χ1n) is 8.20. The number of ether oxygens (including phenoxy) is 1. The van der Waals surface area contributed by atoms with E-state index in [-0.39, 0.29) is 17.5 Å². The van der Waals surface area contributed by atoms with Gasteiger partial charge in [0.2, 0.25) is 11.8 Å². The van der Waals surface area contributed by atoms with Crippen molar-refractivity contribution in [3.8, 4) is 0 Å². The fourth-order valence-corrected chi connectivity index (χ4v) is 3.59. The molecule has 0 N–H and O–H groups in total. The van der Waals surface area contributed by atoms with Crippen LogP contribution in [0.4, 0.5) is 8.78 Å². The van der Waals surface area contributed by atoms with Crippen LogP contribution in [0.15, 0.2) is 43.2 Å². The van der Waals surface area contributed by atoms with E-state index in [9.17, 15) is 9.18 Å². The number of hydrogen-bond acceptors (Lipinski definition) is 2. The van der Waals surface area contributed by atoms with Crippen molar-refractivity contribution in [2.24, 2.45) is 7.05 Å². The van der Waals surface area contributed by atoms with E-state index in [1.807, 2.05) is 22.6 Å². The van der Waals surface area contributed by atoms with E-state index in [0.29, 0.717) is 23.1 Å². The summed E-state index contributed by atoms with van der Waals surface area (Å²) in [6.07, 6.45) is 3.33. The number of allylic oxidation sites excluding steroid dienone is 1. The van der Waals surface area contributed by atoms with Gasteiger partial charge in [-0.05, 0) is 40.3 Å². The lowest BCUT2D eigenvalue weighted by Crippen LogP contribution is -2.32. The molecule has 27 heavy (non-hydrogen) atoms.